The Bertz CT molecular complexity index is 849. The van der Waals surface area contributed by atoms with Crippen molar-refractivity contribution in [3.05, 3.63) is 12.7 Å². The Balaban J connectivity index is 1.96. The maximum Gasteiger partial charge on any atom is 0.309 e. The summed E-state index contributed by atoms with van der Waals surface area (Å²) in [6.45, 7) is 5.08. The first-order valence-corrected chi connectivity index (χ1v) is 9.97. The van der Waals surface area contributed by atoms with Crippen LogP contribution in [0.5, 0.6) is 0 Å². The lowest BCUT2D eigenvalue weighted by Gasteiger charge is -2.30. The number of aliphatic hydroxyl groups excluding tert-OH is 1. The molecule has 3 rings (SSSR count). The predicted molar refractivity (Wildman–Crippen MR) is 105 cm³/mol. The van der Waals surface area contributed by atoms with Crippen LogP contribution in [0, 0.1) is 5.92 Å². The molecule has 1 aliphatic heterocycles. The summed E-state index contributed by atoms with van der Waals surface area (Å²) in [4.78, 5) is 25.2. The minimum absolute atomic E-state index is 0.205. The second-order valence-electron chi connectivity index (χ2n) is 7.64. The molecule has 2 aromatic rings. The second kappa shape index (κ2) is 8.60. The summed E-state index contributed by atoms with van der Waals surface area (Å²) < 4.78 is 13.2. The first-order valence-electron chi connectivity index (χ1n) is 9.97. The van der Waals surface area contributed by atoms with Crippen molar-refractivity contribution >= 4 is 23.0 Å². The third-order valence-corrected chi connectivity index (χ3v) is 5.47. The average molecular weight is 407 g/mol. The molecule has 0 radical (unpaired) electrons. The van der Waals surface area contributed by atoms with E-state index in [1.165, 1.54) is 19.6 Å². The molecule has 0 saturated carbocycles. The fourth-order valence-corrected chi connectivity index (χ4v) is 3.82. The van der Waals surface area contributed by atoms with E-state index < -0.39 is 30.6 Å². The van der Waals surface area contributed by atoms with E-state index in [0.717, 1.165) is 12.8 Å². The number of carbonyl (C=O) groups excluding carboxylic acids is 1. The highest BCUT2D eigenvalue weighted by molar-refractivity contribution is 5.81. The molecular formula is C19H29N5O5. The highest BCUT2D eigenvalue weighted by atomic mass is 16.6. The van der Waals surface area contributed by atoms with Crippen molar-refractivity contribution in [1.29, 1.82) is 0 Å². The van der Waals surface area contributed by atoms with E-state index in [1.807, 2.05) is 13.8 Å². The molecule has 1 fully saturated rings. The Labute approximate surface area is 169 Å². The van der Waals surface area contributed by atoms with Crippen LogP contribution in [0.2, 0.25) is 0 Å². The summed E-state index contributed by atoms with van der Waals surface area (Å²) in [7, 11) is 0. The number of anilines is 1. The van der Waals surface area contributed by atoms with Crippen molar-refractivity contribution in [2.24, 2.45) is 5.92 Å². The maximum atomic E-state index is 12.9. The first-order chi connectivity index (χ1) is 13.8. The molecular weight excluding hydrogens is 378 g/mol. The third-order valence-electron chi connectivity index (χ3n) is 5.47. The molecule has 10 heteroatoms. The van der Waals surface area contributed by atoms with E-state index in [9.17, 15) is 15.0 Å². The van der Waals surface area contributed by atoms with Crippen LogP contribution in [-0.2, 0) is 14.3 Å². The van der Waals surface area contributed by atoms with Gasteiger partial charge in [0.1, 0.15) is 23.5 Å². The smallest absolute Gasteiger partial charge is 0.309 e. The number of hydrogen-bond acceptors (Lipinski definition) is 9. The summed E-state index contributed by atoms with van der Waals surface area (Å²) in [5.74, 6) is -0.437. The first kappa shape index (κ1) is 21.4. The molecule has 0 unspecified atom stereocenters. The number of aliphatic hydroxyl groups is 2. The molecule has 29 heavy (non-hydrogen) atoms. The Morgan fingerprint density at radius 3 is 2.66 bits per heavy atom. The third kappa shape index (κ3) is 3.92. The number of nitrogen functional groups attached to an aromatic ring is 1. The van der Waals surface area contributed by atoms with Crippen LogP contribution < -0.4 is 5.73 Å². The van der Waals surface area contributed by atoms with Gasteiger partial charge in [0.05, 0.1) is 18.9 Å². The largest absolute Gasteiger partial charge is 0.454 e. The number of nitrogens with zero attached hydrogens (tertiary/aromatic N) is 4. The van der Waals surface area contributed by atoms with E-state index in [1.54, 1.807) is 4.57 Å². The SMILES string of the molecule is CCCC(CCC)C(=O)O[C@H]1[C@H](n2cnc3c(N)ncnc32)O[C@H](CO)[C@@]1(C)O. The number of hydrogen-bond donors (Lipinski definition) is 3. The Kier molecular flexibility index (Phi) is 6.35. The summed E-state index contributed by atoms with van der Waals surface area (Å²) in [6.07, 6.45) is 2.93. The Morgan fingerprint density at radius 2 is 2.03 bits per heavy atom. The van der Waals surface area contributed by atoms with E-state index in [4.69, 9.17) is 15.2 Å². The lowest BCUT2D eigenvalue weighted by Crippen LogP contribution is -2.48. The quantitative estimate of drug-likeness (QED) is 0.549. The number of ether oxygens (including phenoxy) is 2. The fraction of sp³-hybridized carbons (Fsp3) is 0.684. The Morgan fingerprint density at radius 1 is 1.34 bits per heavy atom. The lowest BCUT2D eigenvalue weighted by molar-refractivity contribution is -0.170. The number of imidazole rings is 1. The topological polar surface area (TPSA) is 146 Å². The van der Waals surface area contributed by atoms with Crippen molar-refractivity contribution in [1.82, 2.24) is 19.5 Å². The molecule has 0 aromatic carbocycles. The summed E-state index contributed by atoms with van der Waals surface area (Å²) >= 11 is 0. The molecule has 0 amide bonds. The van der Waals surface area contributed by atoms with Gasteiger partial charge >= 0.3 is 5.97 Å². The van der Waals surface area contributed by atoms with Crippen LogP contribution >= 0.6 is 0 Å². The fourth-order valence-electron chi connectivity index (χ4n) is 3.82. The molecule has 3 heterocycles. The van der Waals surface area contributed by atoms with Crippen molar-refractivity contribution < 1.29 is 24.5 Å². The molecule has 160 valence electrons. The molecule has 0 bridgehead atoms. The minimum atomic E-state index is -1.60. The van der Waals surface area contributed by atoms with E-state index >= 15 is 0 Å². The summed E-state index contributed by atoms with van der Waals surface area (Å²) in [5, 5.41) is 20.8. The molecule has 0 spiro atoms. The predicted octanol–water partition coefficient (Wildman–Crippen LogP) is 1.18. The maximum absolute atomic E-state index is 12.9. The van der Waals surface area contributed by atoms with Crippen molar-refractivity contribution in [2.45, 2.75) is 70.5 Å². The molecule has 1 saturated heterocycles. The van der Waals surface area contributed by atoms with Crippen molar-refractivity contribution in [2.75, 3.05) is 12.3 Å². The van der Waals surface area contributed by atoms with Gasteiger partial charge in [-0.1, -0.05) is 26.7 Å². The average Bonchev–Trinajstić information content (AvgIpc) is 3.21. The number of nitrogens with two attached hydrogens (primary N) is 1. The van der Waals surface area contributed by atoms with Gasteiger partial charge in [-0.25, -0.2) is 15.0 Å². The second-order valence-corrected chi connectivity index (χ2v) is 7.64. The number of fused-ring (bicyclic) bond motifs is 1. The van der Waals surface area contributed by atoms with Gasteiger partial charge in [-0.15, -0.1) is 0 Å². The van der Waals surface area contributed by atoms with Gasteiger partial charge in [-0.2, -0.15) is 0 Å². The normalized spacial score (nSPS) is 27.0. The Hall–Kier alpha value is -2.30. The highest BCUT2D eigenvalue weighted by Crippen LogP contribution is 2.41. The van der Waals surface area contributed by atoms with Crippen LogP contribution in [-0.4, -0.2) is 60.1 Å². The standard InChI is InChI=1S/C19H29N5O5/c1-4-6-11(7-5-2)18(26)29-14-17(28-12(8-25)19(14,3)27)24-10-23-13-15(20)21-9-22-16(13)24/h9-12,14,17,25,27H,4-8H2,1-3H3,(H2,20,21,22)/t12-,14+,17-,19-/m1/s1. The number of esters is 1. The number of rotatable bonds is 8. The lowest BCUT2D eigenvalue weighted by atomic mass is 9.93. The van der Waals surface area contributed by atoms with Crippen molar-refractivity contribution in [3.8, 4) is 0 Å². The van der Waals surface area contributed by atoms with Crippen LogP contribution in [0.4, 0.5) is 5.82 Å². The monoisotopic (exact) mass is 407 g/mol. The van der Waals surface area contributed by atoms with Gasteiger partial charge in [0, 0.05) is 0 Å². The highest BCUT2D eigenvalue weighted by Gasteiger charge is 2.56. The van der Waals surface area contributed by atoms with Gasteiger partial charge in [-0.05, 0) is 19.8 Å². The summed E-state index contributed by atoms with van der Waals surface area (Å²) in [5.41, 5.74) is 5.01. The van der Waals surface area contributed by atoms with E-state index in [2.05, 4.69) is 15.0 Å². The van der Waals surface area contributed by atoms with E-state index in [0.29, 0.717) is 24.0 Å². The van der Waals surface area contributed by atoms with Gasteiger partial charge in [-0.3, -0.25) is 9.36 Å². The number of aromatic nitrogens is 4. The molecule has 1 aliphatic rings. The van der Waals surface area contributed by atoms with Gasteiger partial charge in [0.25, 0.3) is 0 Å². The number of carbonyl (C=O) groups is 1. The molecule has 2 aromatic heterocycles. The van der Waals surface area contributed by atoms with Crippen LogP contribution in [0.25, 0.3) is 11.2 Å². The van der Waals surface area contributed by atoms with Crippen LogP contribution in [0.15, 0.2) is 12.7 Å². The molecule has 0 aliphatic carbocycles. The minimum Gasteiger partial charge on any atom is -0.454 e. The van der Waals surface area contributed by atoms with Gasteiger partial charge in [0.15, 0.2) is 23.8 Å². The van der Waals surface area contributed by atoms with Gasteiger partial charge in [0.2, 0.25) is 0 Å². The zero-order valence-corrected chi connectivity index (χ0v) is 17.0. The molecule has 4 atom stereocenters. The van der Waals surface area contributed by atoms with E-state index in [-0.39, 0.29) is 17.7 Å². The van der Waals surface area contributed by atoms with Gasteiger partial charge < -0.3 is 25.4 Å². The van der Waals surface area contributed by atoms with Crippen molar-refractivity contribution in [3.63, 3.8) is 0 Å². The zero-order valence-electron chi connectivity index (χ0n) is 17.0. The van der Waals surface area contributed by atoms with Crippen LogP contribution in [0.1, 0.15) is 52.7 Å². The molecule has 4 N–H and O–H groups in total. The zero-order chi connectivity index (χ0) is 21.2. The molecule has 10 nitrogen and oxygen atoms in total. The summed E-state index contributed by atoms with van der Waals surface area (Å²) in [6, 6.07) is 0. The van der Waals surface area contributed by atoms with Crippen LogP contribution in [0.3, 0.4) is 0 Å².